The summed E-state index contributed by atoms with van der Waals surface area (Å²) >= 11 is 0. The van der Waals surface area contributed by atoms with E-state index in [0.29, 0.717) is 32.1 Å². The van der Waals surface area contributed by atoms with Gasteiger partial charge in [-0.1, -0.05) is 34.1 Å². The number of primary amides is 1. The second kappa shape index (κ2) is 29.3. The van der Waals surface area contributed by atoms with E-state index in [2.05, 4.69) is 37.2 Å². The highest BCUT2D eigenvalue weighted by molar-refractivity contribution is 5.97. The Morgan fingerprint density at radius 2 is 0.967 bits per heavy atom. The zero-order valence-corrected chi connectivity index (χ0v) is 36.7. The predicted molar refractivity (Wildman–Crippen MR) is 225 cm³/mol. The number of nitrogens with one attached hydrogen (secondary N) is 7. The Balaban J connectivity index is 6.43. The van der Waals surface area contributed by atoms with Crippen LogP contribution in [-0.4, -0.2) is 131 Å². The monoisotopic (exact) mass is 872 g/mol. The summed E-state index contributed by atoms with van der Waals surface area (Å²) < 4.78 is 0. The van der Waals surface area contributed by atoms with Crippen LogP contribution in [0.2, 0.25) is 0 Å². The molecule has 0 fully saturated rings. The molecule has 0 spiro atoms. The first-order valence-electron chi connectivity index (χ1n) is 21.0. The van der Waals surface area contributed by atoms with Gasteiger partial charge in [-0.2, -0.15) is 0 Å². The van der Waals surface area contributed by atoms with Crippen LogP contribution in [0.4, 0.5) is 0 Å². The highest BCUT2D eigenvalue weighted by Crippen LogP contribution is 2.12. The maximum atomic E-state index is 13.9. The first-order chi connectivity index (χ1) is 28.5. The second-order valence-corrected chi connectivity index (χ2v) is 15.9. The number of aliphatic hydroxyl groups is 1. The Kier molecular flexibility index (Phi) is 27.0. The lowest BCUT2D eigenvalue weighted by Gasteiger charge is -2.28. The number of amides is 8. The average Bonchev–Trinajstić information content (AvgIpc) is 3.17. The molecule has 0 aromatic carbocycles. The molecule has 0 unspecified atom stereocenters. The van der Waals surface area contributed by atoms with Crippen molar-refractivity contribution in [1.82, 2.24) is 37.2 Å². The van der Waals surface area contributed by atoms with Crippen molar-refractivity contribution in [3.8, 4) is 0 Å². The summed E-state index contributed by atoms with van der Waals surface area (Å²) in [5.41, 5.74) is 22.4. The summed E-state index contributed by atoms with van der Waals surface area (Å²) in [5.74, 6) is -8.15. The lowest BCUT2D eigenvalue weighted by atomic mass is 9.97. The number of rotatable bonds is 31. The molecule has 0 bridgehead atoms. The topological polar surface area (TPSA) is 382 Å². The van der Waals surface area contributed by atoms with E-state index in [1.807, 2.05) is 20.8 Å². The minimum atomic E-state index is -1.53. The molecule has 0 rings (SSSR count). The normalized spacial score (nSPS) is 16.1. The van der Waals surface area contributed by atoms with Crippen LogP contribution in [0.25, 0.3) is 0 Å². The van der Waals surface area contributed by atoms with E-state index >= 15 is 0 Å². The van der Waals surface area contributed by atoms with Crippen molar-refractivity contribution in [2.24, 2.45) is 34.8 Å². The fraction of sp³-hybridized carbons (Fsp3) is 0.769. The summed E-state index contributed by atoms with van der Waals surface area (Å²) in [4.78, 5) is 117. The molecule has 0 aliphatic rings. The van der Waals surface area contributed by atoms with Crippen LogP contribution in [0.5, 0.6) is 0 Å². The van der Waals surface area contributed by atoms with E-state index in [1.165, 1.54) is 20.8 Å². The quantitative estimate of drug-likeness (QED) is 0.0306. The zero-order chi connectivity index (χ0) is 47.0. The Labute approximate surface area is 358 Å². The largest absolute Gasteiger partial charge is 0.481 e. The molecule has 0 radical (unpaired) electrons. The third kappa shape index (κ3) is 21.9. The third-order valence-corrected chi connectivity index (χ3v) is 9.83. The van der Waals surface area contributed by atoms with Crippen LogP contribution in [0, 0.1) is 11.8 Å². The summed E-state index contributed by atoms with van der Waals surface area (Å²) in [6.07, 6.45) is -0.00231. The van der Waals surface area contributed by atoms with Gasteiger partial charge >= 0.3 is 5.97 Å². The molecule has 0 saturated carbocycles. The van der Waals surface area contributed by atoms with Gasteiger partial charge in [0.1, 0.15) is 42.3 Å². The van der Waals surface area contributed by atoms with E-state index in [-0.39, 0.29) is 44.2 Å². The molecule has 0 aromatic rings. The molecular formula is C39H73N11O11. The maximum absolute atomic E-state index is 13.9. The number of carbonyl (C=O) groups excluding carboxylic acids is 8. The molecule has 8 amide bonds. The second-order valence-electron chi connectivity index (χ2n) is 15.9. The number of carboxylic acids is 1. The van der Waals surface area contributed by atoms with E-state index < -0.39 is 121 Å². The van der Waals surface area contributed by atoms with E-state index in [4.69, 9.17) is 22.9 Å². The van der Waals surface area contributed by atoms with Crippen molar-refractivity contribution in [3.63, 3.8) is 0 Å². The maximum Gasteiger partial charge on any atom is 0.303 e. The van der Waals surface area contributed by atoms with Gasteiger partial charge in [0.15, 0.2) is 0 Å². The van der Waals surface area contributed by atoms with Crippen LogP contribution in [0.15, 0.2) is 0 Å². The summed E-state index contributed by atoms with van der Waals surface area (Å²) in [6.45, 7) is 11.7. The van der Waals surface area contributed by atoms with Crippen molar-refractivity contribution in [2.45, 2.75) is 167 Å². The molecule has 17 N–H and O–H groups in total. The van der Waals surface area contributed by atoms with Gasteiger partial charge in [-0.15, -0.1) is 0 Å². The Bertz CT molecular complexity index is 1460. The summed E-state index contributed by atoms with van der Waals surface area (Å²) in [7, 11) is 0. The van der Waals surface area contributed by atoms with Crippen LogP contribution in [-0.2, 0) is 43.2 Å². The lowest BCUT2D eigenvalue weighted by Crippen LogP contribution is -2.60. The molecule has 350 valence electrons. The molecule has 0 aliphatic carbocycles. The number of hydrogen-bond donors (Lipinski definition) is 13. The number of hydrogen-bond acceptors (Lipinski definition) is 13. The minimum absolute atomic E-state index is 0.0144. The molecule has 22 heteroatoms. The fourth-order valence-corrected chi connectivity index (χ4v) is 5.92. The molecular weight excluding hydrogens is 798 g/mol. The number of carbonyl (C=O) groups is 9. The number of aliphatic hydroxyl groups excluding tert-OH is 1. The Hall–Kier alpha value is -4.93. The van der Waals surface area contributed by atoms with E-state index in [9.17, 15) is 53.4 Å². The van der Waals surface area contributed by atoms with Crippen LogP contribution >= 0.6 is 0 Å². The molecule has 0 heterocycles. The summed E-state index contributed by atoms with van der Waals surface area (Å²) in [6, 6.07) is -10.0. The number of carboxylic acid groups (broad SMARTS) is 1. The van der Waals surface area contributed by atoms with Gasteiger partial charge in [0.25, 0.3) is 0 Å². The van der Waals surface area contributed by atoms with Crippen molar-refractivity contribution in [3.05, 3.63) is 0 Å². The minimum Gasteiger partial charge on any atom is -0.481 e. The van der Waals surface area contributed by atoms with Gasteiger partial charge < -0.3 is 70.4 Å². The van der Waals surface area contributed by atoms with Crippen molar-refractivity contribution < 1.29 is 53.4 Å². The molecule has 0 aromatic heterocycles. The van der Waals surface area contributed by atoms with E-state index in [0.717, 1.165) is 0 Å². The van der Waals surface area contributed by atoms with Gasteiger partial charge in [0.2, 0.25) is 47.3 Å². The van der Waals surface area contributed by atoms with Crippen molar-refractivity contribution >= 4 is 53.2 Å². The highest BCUT2D eigenvalue weighted by atomic mass is 16.4. The highest BCUT2D eigenvalue weighted by Gasteiger charge is 2.35. The third-order valence-electron chi connectivity index (χ3n) is 9.83. The predicted octanol–water partition coefficient (Wildman–Crippen LogP) is -3.17. The van der Waals surface area contributed by atoms with Crippen LogP contribution in [0.3, 0.4) is 0 Å². The standard InChI is InChI=1S/C39H73N11O11/c1-8-21(4)30(32(43)54)49-38(60)28(19-20(2)3)48-36(58)26(14-10-12-18-41)46-37(59)27(15-16-29(52)53)47-35(57)25(13-9-11-17-40)45-34(56)23(6)44-39(61)31(24(7)51)50-33(55)22(5)42/h20-28,30-31,51H,8-19,40-42H2,1-7H3,(H2,43,54)(H,44,61)(H,45,56)(H,46,59)(H,47,57)(H,48,58)(H,49,60)(H,50,55)(H,52,53)/t21-,22-,23-,24+,25-,26-,27-,28-,30-,31-/m0/s1. The summed E-state index contributed by atoms with van der Waals surface area (Å²) in [5, 5.41) is 37.2. The number of unbranched alkanes of at least 4 members (excludes halogenated alkanes) is 2. The van der Waals surface area contributed by atoms with E-state index in [1.54, 1.807) is 6.92 Å². The first kappa shape index (κ1) is 56.1. The molecule has 10 atom stereocenters. The molecule has 0 aliphatic heterocycles. The van der Waals surface area contributed by atoms with Gasteiger partial charge in [-0.25, -0.2) is 0 Å². The van der Waals surface area contributed by atoms with Crippen molar-refractivity contribution in [2.75, 3.05) is 13.1 Å². The van der Waals surface area contributed by atoms with Gasteiger partial charge in [-0.3, -0.25) is 43.2 Å². The molecule has 22 nitrogen and oxygen atoms in total. The van der Waals surface area contributed by atoms with Crippen LogP contribution in [0.1, 0.15) is 113 Å². The number of aliphatic carboxylic acids is 1. The SMILES string of the molecule is CC[C@H](C)[C@H](NC(=O)[C@H](CC(C)C)NC(=O)[C@H](CCCCN)NC(=O)[C@H](CCC(=O)O)NC(=O)[C@H](CCCCN)NC(=O)[C@H](C)NC(=O)[C@@H](NC(=O)[C@H](C)N)[C@@H](C)O)C(N)=O. The van der Waals surface area contributed by atoms with Gasteiger partial charge in [-0.05, 0) is 97.1 Å². The van der Waals surface area contributed by atoms with Crippen LogP contribution < -0.4 is 60.2 Å². The molecule has 61 heavy (non-hydrogen) atoms. The lowest BCUT2D eigenvalue weighted by molar-refractivity contribution is -0.139. The zero-order valence-electron chi connectivity index (χ0n) is 36.7. The molecule has 0 saturated heterocycles. The smallest absolute Gasteiger partial charge is 0.303 e. The van der Waals surface area contributed by atoms with Gasteiger partial charge in [0.05, 0.1) is 12.1 Å². The number of nitrogens with two attached hydrogens (primary N) is 4. The first-order valence-corrected chi connectivity index (χ1v) is 21.0. The average molecular weight is 872 g/mol. The fourth-order valence-electron chi connectivity index (χ4n) is 5.92. The van der Waals surface area contributed by atoms with Crippen molar-refractivity contribution in [1.29, 1.82) is 0 Å². The Morgan fingerprint density at radius 1 is 0.541 bits per heavy atom. The van der Waals surface area contributed by atoms with Gasteiger partial charge in [0, 0.05) is 6.42 Å². The Morgan fingerprint density at radius 3 is 1.36 bits per heavy atom.